The summed E-state index contributed by atoms with van der Waals surface area (Å²) < 4.78 is 0. The van der Waals surface area contributed by atoms with Gasteiger partial charge in [0.05, 0.1) is 5.41 Å². The average Bonchev–Trinajstić information content (AvgIpc) is 3.59. The molecule has 46 heavy (non-hydrogen) atoms. The summed E-state index contributed by atoms with van der Waals surface area (Å²) in [6.07, 6.45) is 0. The Balaban J connectivity index is 1.20. The maximum atomic E-state index is 2.48. The molecule has 3 aliphatic rings. The van der Waals surface area contributed by atoms with Gasteiger partial charge in [0.1, 0.15) is 0 Å². The van der Waals surface area contributed by atoms with E-state index in [2.05, 4.69) is 158 Å². The lowest BCUT2D eigenvalue weighted by atomic mass is 9.70. The number of benzene rings is 8. The van der Waals surface area contributed by atoms with Crippen LogP contribution in [0, 0.1) is 0 Å². The Labute approximate surface area is 272 Å². The van der Waals surface area contributed by atoms with Crippen molar-refractivity contribution in [3.05, 3.63) is 180 Å². The van der Waals surface area contributed by atoms with Crippen LogP contribution in [-0.4, -0.2) is 0 Å². The number of hydrogen-bond donors (Lipinski definition) is 0. The monoisotopic (exact) mass is 598 g/mol. The Kier molecular flexibility index (Phi) is 4.80. The van der Waals surface area contributed by atoms with E-state index < -0.39 is 0 Å². The molecule has 0 saturated carbocycles. The predicted molar refractivity (Wildman–Crippen MR) is 193 cm³/mol. The highest BCUT2D eigenvalue weighted by molar-refractivity contribution is 8.00. The molecule has 0 nitrogen and oxygen atoms in total. The average molecular weight is 599 g/mol. The van der Waals surface area contributed by atoms with Crippen molar-refractivity contribution in [1.82, 2.24) is 0 Å². The zero-order valence-electron chi connectivity index (χ0n) is 24.9. The van der Waals surface area contributed by atoms with Crippen LogP contribution in [0.15, 0.2) is 168 Å². The standard InChI is InChI=1S/C45H26S/c1-2-12-30-27(10-1)21-25-40-43(30)35-15-4-7-18-38(35)45(40)37-17-6-3-13-32(37)36-26-29(22-24-39(36)45)31-23-20-28-11-9-16-34-33-14-5-8-19-41(33)46-44(31)42(28)34/h1-26H. The van der Waals surface area contributed by atoms with Crippen molar-refractivity contribution in [2.75, 3.05) is 0 Å². The Bertz CT molecular complexity index is 2630. The van der Waals surface area contributed by atoms with Crippen LogP contribution in [-0.2, 0) is 5.41 Å². The van der Waals surface area contributed by atoms with Crippen LogP contribution >= 0.6 is 11.8 Å². The second-order valence-electron chi connectivity index (χ2n) is 12.8. The Morgan fingerprint density at radius 2 is 1.04 bits per heavy atom. The van der Waals surface area contributed by atoms with Gasteiger partial charge in [-0.05, 0) is 95.1 Å². The van der Waals surface area contributed by atoms with Crippen LogP contribution in [0.25, 0.3) is 66.1 Å². The van der Waals surface area contributed by atoms with E-state index in [0.29, 0.717) is 0 Å². The first kappa shape index (κ1) is 24.9. The summed E-state index contributed by atoms with van der Waals surface area (Å²) in [4.78, 5) is 2.68. The molecule has 0 bridgehead atoms. The third-order valence-corrected chi connectivity index (χ3v) is 11.9. The van der Waals surface area contributed by atoms with Gasteiger partial charge in [-0.2, -0.15) is 0 Å². The summed E-state index contributed by atoms with van der Waals surface area (Å²) in [5.41, 5.74) is 15.8. The molecule has 0 radical (unpaired) electrons. The highest BCUT2D eigenvalue weighted by atomic mass is 32.2. The zero-order valence-corrected chi connectivity index (χ0v) is 25.7. The van der Waals surface area contributed by atoms with E-state index in [0.717, 1.165) is 0 Å². The summed E-state index contributed by atoms with van der Waals surface area (Å²) >= 11 is 1.92. The van der Waals surface area contributed by atoms with Gasteiger partial charge in [-0.1, -0.05) is 157 Å². The summed E-state index contributed by atoms with van der Waals surface area (Å²) in [6, 6.07) is 59.4. The van der Waals surface area contributed by atoms with Crippen molar-refractivity contribution in [3.8, 4) is 44.5 Å². The van der Waals surface area contributed by atoms with E-state index in [4.69, 9.17) is 0 Å². The Morgan fingerprint density at radius 3 is 1.96 bits per heavy atom. The molecule has 1 heteroatoms. The predicted octanol–water partition coefficient (Wildman–Crippen LogP) is 12.1. The number of rotatable bonds is 1. The number of hydrogen-bond acceptors (Lipinski definition) is 1. The molecule has 8 aromatic rings. The van der Waals surface area contributed by atoms with Crippen LogP contribution in [0.2, 0.25) is 0 Å². The largest absolute Gasteiger partial charge is 0.0881 e. The Morgan fingerprint density at radius 1 is 0.391 bits per heavy atom. The van der Waals surface area contributed by atoms with Gasteiger partial charge >= 0.3 is 0 Å². The van der Waals surface area contributed by atoms with E-state index in [1.54, 1.807) is 0 Å². The lowest BCUT2D eigenvalue weighted by molar-refractivity contribution is 0.794. The van der Waals surface area contributed by atoms with Crippen LogP contribution in [0.4, 0.5) is 0 Å². The van der Waals surface area contributed by atoms with Crippen LogP contribution in [0.5, 0.6) is 0 Å². The van der Waals surface area contributed by atoms with Crippen LogP contribution < -0.4 is 0 Å². The maximum absolute atomic E-state index is 2.48. The van der Waals surface area contributed by atoms with Gasteiger partial charge in [0.2, 0.25) is 0 Å². The quantitative estimate of drug-likeness (QED) is 0.181. The first-order valence-electron chi connectivity index (χ1n) is 16.0. The third kappa shape index (κ3) is 2.97. The molecule has 1 aliphatic heterocycles. The smallest absolute Gasteiger partial charge is 0.0725 e. The van der Waals surface area contributed by atoms with Crippen molar-refractivity contribution in [2.24, 2.45) is 0 Å². The lowest BCUT2D eigenvalue weighted by Gasteiger charge is -2.30. The fourth-order valence-electron chi connectivity index (χ4n) is 8.87. The van der Waals surface area contributed by atoms with Gasteiger partial charge in [-0.25, -0.2) is 0 Å². The van der Waals surface area contributed by atoms with Gasteiger partial charge in [-0.15, -0.1) is 0 Å². The topological polar surface area (TPSA) is 0 Å². The van der Waals surface area contributed by atoms with Crippen molar-refractivity contribution < 1.29 is 0 Å². The van der Waals surface area contributed by atoms with E-state index >= 15 is 0 Å². The van der Waals surface area contributed by atoms with Crippen molar-refractivity contribution >= 4 is 33.3 Å². The molecule has 0 amide bonds. The van der Waals surface area contributed by atoms with E-state index in [-0.39, 0.29) is 5.41 Å². The van der Waals surface area contributed by atoms with Gasteiger partial charge < -0.3 is 0 Å². The van der Waals surface area contributed by atoms with E-state index in [1.807, 2.05) is 11.8 Å². The van der Waals surface area contributed by atoms with E-state index in [1.165, 1.54) is 98.1 Å². The minimum atomic E-state index is -0.348. The first-order valence-corrected chi connectivity index (χ1v) is 16.8. The second-order valence-corrected chi connectivity index (χ2v) is 13.8. The van der Waals surface area contributed by atoms with Crippen molar-refractivity contribution in [3.63, 3.8) is 0 Å². The van der Waals surface area contributed by atoms with Crippen molar-refractivity contribution in [2.45, 2.75) is 15.2 Å². The first-order chi connectivity index (χ1) is 22.8. The highest BCUT2D eigenvalue weighted by Crippen LogP contribution is 2.64. The zero-order chi connectivity index (χ0) is 30.0. The highest BCUT2D eigenvalue weighted by Gasteiger charge is 2.52. The second kappa shape index (κ2) is 8.88. The minimum absolute atomic E-state index is 0.348. The van der Waals surface area contributed by atoms with Crippen LogP contribution in [0.3, 0.4) is 0 Å². The summed E-state index contributed by atoms with van der Waals surface area (Å²) in [6.45, 7) is 0. The molecule has 0 N–H and O–H groups in total. The summed E-state index contributed by atoms with van der Waals surface area (Å²) in [5, 5.41) is 5.29. The molecule has 11 rings (SSSR count). The van der Waals surface area contributed by atoms with Gasteiger partial charge in [0, 0.05) is 15.2 Å². The third-order valence-electron chi connectivity index (χ3n) is 10.7. The molecular formula is C45H26S. The molecule has 1 spiro atoms. The maximum Gasteiger partial charge on any atom is 0.0725 e. The van der Waals surface area contributed by atoms with Gasteiger partial charge in [-0.3, -0.25) is 0 Å². The molecule has 212 valence electrons. The molecule has 2 aliphatic carbocycles. The molecule has 1 heterocycles. The molecule has 1 atom stereocenters. The molecule has 1 unspecified atom stereocenters. The SMILES string of the molecule is c1ccc2c(c1)Sc1c(-c3ccc4c(c3)-c3ccccc3C43c4ccccc4-c4c3ccc3ccccc43)ccc3cccc-2c13. The van der Waals surface area contributed by atoms with E-state index in [9.17, 15) is 0 Å². The molecular weight excluding hydrogens is 573 g/mol. The van der Waals surface area contributed by atoms with Gasteiger partial charge in [0.15, 0.2) is 0 Å². The van der Waals surface area contributed by atoms with Crippen molar-refractivity contribution in [1.29, 1.82) is 0 Å². The molecule has 0 fully saturated rings. The minimum Gasteiger partial charge on any atom is -0.0881 e. The lowest BCUT2D eigenvalue weighted by Crippen LogP contribution is -2.25. The van der Waals surface area contributed by atoms with Crippen LogP contribution in [0.1, 0.15) is 22.3 Å². The Hall–Kier alpha value is -5.37. The van der Waals surface area contributed by atoms with Gasteiger partial charge in [0.25, 0.3) is 0 Å². The fraction of sp³-hybridized carbons (Fsp3) is 0.0222. The molecule has 8 aromatic carbocycles. The summed E-state index contributed by atoms with van der Waals surface area (Å²) in [7, 11) is 0. The molecule has 0 saturated heterocycles. The number of fused-ring (bicyclic) bond motifs is 14. The fourth-order valence-corrected chi connectivity index (χ4v) is 10.2. The molecule has 0 aromatic heterocycles. The normalized spacial score (nSPS) is 16.3. The summed E-state index contributed by atoms with van der Waals surface area (Å²) in [5.74, 6) is 0.